The van der Waals surface area contributed by atoms with Gasteiger partial charge in [0.2, 0.25) is 0 Å². The monoisotopic (exact) mass is 208 g/mol. The number of rotatable bonds is 3. The van der Waals surface area contributed by atoms with Crippen LogP contribution in [0.5, 0.6) is 0 Å². The third-order valence-electron chi connectivity index (χ3n) is 2.38. The molecule has 0 unspecified atom stereocenters. The van der Waals surface area contributed by atoms with Gasteiger partial charge in [-0.05, 0) is 37.1 Å². The van der Waals surface area contributed by atoms with E-state index in [1.165, 1.54) is 10.9 Å². The fourth-order valence-electron chi connectivity index (χ4n) is 1.66. The Labute approximate surface area is 88.1 Å². The van der Waals surface area contributed by atoms with Crippen LogP contribution in [0, 0.1) is 0 Å². The number of aromatic nitrogens is 1. The molecule has 2 aromatic rings. The van der Waals surface area contributed by atoms with Gasteiger partial charge in [-0.2, -0.15) is 0 Å². The first-order valence-corrected chi connectivity index (χ1v) is 5.14. The summed E-state index contributed by atoms with van der Waals surface area (Å²) < 4.78 is 0. The molecule has 1 heterocycles. The topological polar surface area (TPSA) is 41.8 Å². The smallest absolute Gasteiger partial charge is 0.0471 e. The molecular formula is C11H13ClN2. The van der Waals surface area contributed by atoms with Crippen LogP contribution in [-0.4, -0.2) is 11.5 Å². The summed E-state index contributed by atoms with van der Waals surface area (Å²) in [4.78, 5) is 3.21. The van der Waals surface area contributed by atoms with Crippen molar-refractivity contribution in [3.63, 3.8) is 0 Å². The van der Waals surface area contributed by atoms with Gasteiger partial charge in [0, 0.05) is 22.1 Å². The number of benzene rings is 1. The maximum atomic E-state index is 5.89. The SMILES string of the molecule is NCCCc1c[nH]c2cc(Cl)ccc12. The van der Waals surface area contributed by atoms with Crippen molar-refractivity contribution in [3.05, 3.63) is 35.0 Å². The molecule has 0 aliphatic rings. The van der Waals surface area contributed by atoms with E-state index in [0.717, 1.165) is 29.9 Å². The zero-order valence-corrected chi connectivity index (χ0v) is 8.64. The van der Waals surface area contributed by atoms with Crippen molar-refractivity contribution < 1.29 is 0 Å². The zero-order valence-electron chi connectivity index (χ0n) is 7.89. The Morgan fingerprint density at radius 3 is 3.00 bits per heavy atom. The van der Waals surface area contributed by atoms with Crippen LogP contribution in [0.25, 0.3) is 10.9 Å². The zero-order chi connectivity index (χ0) is 9.97. The molecule has 0 saturated carbocycles. The third kappa shape index (κ3) is 1.76. The molecule has 2 rings (SSSR count). The predicted octanol–water partition coefficient (Wildman–Crippen LogP) is 2.71. The second-order valence-electron chi connectivity index (χ2n) is 3.40. The lowest BCUT2D eigenvalue weighted by Gasteiger charge is -1.97. The van der Waals surface area contributed by atoms with E-state index in [1.54, 1.807) is 0 Å². The Kier molecular flexibility index (Phi) is 2.75. The van der Waals surface area contributed by atoms with E-state index in [0.29, 0.717) is 0 Å². The van der Waals surface area contributed by atoms with E-state index in [-0.39, 0.29) is 0 Å². The van der Waals surface area contributed by atoms with E-state index in [4.69, 9.17) is 17.3 Å². The molecule has 14 heavy (non-hydrogen) atoms. The average Bonchev–Trinajstić information content (AvgIpc) is 2.57. The Morgan fingerprint density at radius 2 is 2.21 bits per heavy atom. The van der Waals surface area contributed by atoms with Crippen molar-refractivity contribution in [1.82, 2.24) is 4.98 Å². The molecule has 2 nitrogen and oxygen atoms in total. The molecule has 0 atom stereocenters. The molecule has 3 heteroatoms. The van der Waals surface area contributed by atoms with Gasteiger partial charge in [-0.1, -0.05) is 17.7 Å². The summed E-state index contributed by atoms with van der Waals surface area (Å²) in [5.74, 6) is 0. The maximum Gasteiger partial charge on any atom is 0.0471 e. The lowest BCUT2D eigenvalue weighted by atomic mass is 10.1. The van der Waals surface area contributed by atoms with Crippen molar-refractivity contribution in [2.24, 2.45) is 5.73 Å². The second-order valence-corrected chi connectivity index (χ2v) is 3.83. The number of aromatic amines is 1. The molecule has 74 valence electrons. The molecule has 0 spiro atoms. The Balaban J connectivity index is 2.37. The summed E-state index contributed by atoms with van der Waals surface area (Å²) in [6.07, 6.45) is 4.09. The van der Waals surface area contributed by atoms with Gasteiger partial charge in [0.15, 0.2) is 0 Å². The van der Waals surface area contributed by atoms with Crippen molar-refractivity contribution in [2.75, 3.05) is 6.54 Å². The summed E-state index contributed by atoms with van der Waals surface area (Å²) in [6, 6.07) is 5.92. The lowest BCUT2D eigenvalue weighted by molar-refractivity contribution is 0.837. The van der Waals surface area contributed by atoms with Crippen LogP contribution in [0.3, 0.4) is 0 Å². The number of H-pyrrole nitrogens is 1. The van der Waals surface area contributed by atoms with Crippen LogP contribution in [0.15, 0.2) is 24.4 Å². The number of halogens is 1. The summed E-state index contributed by atoms with van der Waals surface area (Å²) in [5, 5.41) is 2.02. The summed E-state index contributed by atoms with van der Waals surface area (Å²) >= 11 is 5.89. The Bertz CT molecular complexity index is 434. The van der Waals surface area contributed by atoms with Gasteiger partial charge >= 0.3 is 0 Å². The molecule has 3 N–H and O–H groups in total. The maximum absolute atomic E-state index is 5.89. The quantitative estimate of drug-likeness (QED) is 0.800. The van der Waals surface area contributed by atoms with Crippen LogP contribution in [0.2, 0.25) is 5.02 Å². The van der Waals surface area contributed by atoms with Gasteiger partial charge < -0.3 is 10.7 Å². The third-order valence-corrected chi connectivity index (χ3v) is 2.61. The highest BCUT2D eigenvalue weighted by Crippen LogP contribution is 2.22. The van der Waals surface area contributed by atoms with Crippen molar-refractivity contribution in [1.29, 1.82) is 0 Å². The first-order chi connectivity index (χ1) is 6.81. The first kappa shape index (κ1) is 9.56. The molecule has 0 aliphatic carbocycles. The van der Waals surface area contributed by atoms with Crippen LogP contribution >= 0.6 is 11.6 Å². The summed E-state index contributed by atoms with van der Waals surface area (Å²) in [5.41, 5.74) is 7.90. The number of hydrogen-bond donors (Lipinski definition) is 2. The minimum Gasteiger partial charge on any atom is -0.361 e. The highest BCUT2D eigenvalue weighted by molar-refractivity contribution is 6.31. The number of fused-ring (bicyclic) bond motifs is 1. The van der Waals surface area contributed by atoms with Crippen LogP contribution in [-0.2, 0) is 6.42 Å². The van der Waals surface area contributed by atoms with Crippen molar-refractivity contribution in [3.8, 4) is 0 Å². The molecule has 0 radical (unpaired) electrons. The normalized spacial score (nSPS) is 11.0. The lowest BCUT2D eigenvalue weighted by Crippen LogP contribution is -1.99. The first-order valence-electron chi connectivity index (χ1n) is 4.77. The Morgan fingerprint density at radius 1 is 1.36 bits per heavy atom. The van der Waals surface area contributed by atoms with E-state index in [2.05, 4.69) is 11.1 Å². The molecule has 0 bridgehead atoms. The van der Waals surface area contributed by atoms with Gasteiger partial charge in [-0.25, -0.2) is 0 Å². The number of nitrogens with two attached hydrogens (primary N) is 1. The average molecular weight is 209 g/mol. The van der Waals surface area contributed by atoms with E-state index >= 15 is 0 Å². The van der Waals surface area contributed by atoms with Gasteiger partial charge in [-0.3, -0.25) is 0 Å². The predicted molar refractivity (Wildman–Crippen MR) is 60.7 cm³/mol. The van der Waals surface area contributed by atoms with Gasteiger partial charge in [-0.15, -0.1) is 0 Å². The van der Waals surface area contributed by atoms with Crippen LogP contribution < -0.4 is 5.73 Å². The highest BCUT2D eigenvalue weighted by Gasteiger charge is 2.02. The number of hydrogen-bond acceptors (Lipinski definition) is 1. The number of nitrogens with one attached hydrogen (secondary N) is 1. The second kappa shape index (κ2) is 4.03. The van der Waals surface area contributed by atoms with Gasteiger partial charge in [0.1, 0.15) is 0 Å². The molecular weight excluding hydrogens is 196 g/mol. The fourth-order valence-corrected chi connectivity index (χ4v) is 1.83. The van der Waals surface area contributed by atoms with E-state index < -0.39 is 0 Å². The Hall–Kier alpha value is -0.990. The van der Waals surface area contributed by atoms with Gasteiger partial charge in [0.25, 0.3) is 0 Å². The minimum atomic E-state index is 0.736. The van der Waals surface area contributed by atoms with Crippen LogP contribution in [0.1, 0.15) is 12.0 Å². The summed E-state index contributed by atoms with van der Waals surface area (Å²) in [7, 11) is 0. The fraction of sp³-hybridized carbons (Fsp3) is 0.273. The summed E-state index contributed by atoms with van der Waals surface area (Å²) in [6.45, 7) is 0.736. The van der Waals surface area contributed by atoms with E-state index in [9.17, 15) is 0 Å². The molecule has 0 aliphatic heterocycles. The molecule has 0 saturated heterocycles. The van der Waals surface area contributed by atoms with Crippen LogP contribution in [0.4, 0.5) is 0 Å². The molecule has 1 aromatic heterocycles. The minimum absolute atomic E-state index is 0.736. The molecule has 0 amide bonds. The standard InChI is InChI=1S/C11H13ClN2/c12-9-3-4-10-8(2-1-5-13)7-14-11(10)6-9/h3-4,6-7,14H,1-2,5,13H2. The van der Waals surface area contributed by atoms with E-state index in [1.807, 2.05) is 18.3 Å². The molecule has 1 aromatic carbocycles. The van der Waals surface area contributed by atoms with Crippen molar-refractivity contribution in [2.45, 2.75) is 12.8 Å². The van der Waals surface area contributed by atoms with Crippen molar-refractivity contribution >= 4 is 22.5 Å². The van der Waals surface area contributed by atoms with Gasteiger partial charge in [0.05, 0.1) is 0 Å². The molecule has 0 fully saturated rings. The highest BCUT2D eigenvalue weighted by atomic mass is 35.5. The largest absolute Gasteiger partial charge is 0.361 e. The number of aryl methyl sites for hydroxylation is 1.